The first-order chi connectivity index (χ1) is 16.7. The van der Waals surface area contributed by atoms with Gasteiger partial charge in [0.05, 0.1) is 0 Å². The number of rotatable bonds is 11. The van der Waals surface area contributed by atoms with Gasteiger partial charge in [0.1, 0.15) is 11.4 Å². The summed E-state index contributed by atoms with van der Waals surface area (Å²) in [6.45, 7) is 13.0. The summed E-state index contributed by atoms with van der Waals surface area (Å²) in [7, 11) is 0. The second kappa shape index (κ2) is 11.0. The van der Waals surface area contributed by atoms with Gasteiger partial charge >= 0.3 is 0 Å². The fourth-order valence-corrected chi connectivity index (χ4v) is 4.14. The van der Waals surface area contributed by atoms with Crippen molar-refractivity contribution in [3.8, 4) is 5.75 Å². The van der Waals surface area contributed by atoms with Crippen LogP contribution in [0.25, 0.3) is 0 Å². The SMILES string of the molecule is CCC(C)(CC)Oc1ccc(C(=O)c2ccc(C(=O)c3ccc(C(C)(CC)CC)cc3)cc2)cc1. The summed E-state index contributed by atoms with van der Waals surface area (Å²) >= 11 is 0. The minimum absolute atomic E-state index is 0.0401. The Bertz CT molecular complexity index is 1130. The largest absolute Gasteiger partial charge is 0.488 e. The molecular formula is C32H38O3. The molecule has 0 radical (unpaired) electrons. The lowest BCUT2D eigenvalue weighted by atomic mass is 9.77. The Labute approximate surface area is 210 Å². The van der Waals surface area contributed by atoms with Crippen molar-refractivity contribution >= 4 is 11.6 Å². The van der Waals surface area contributed by atoms with Crippen molar-refractivity contribution in [1.82, 2.24) is 0 Å². The lowest BCUT2D eigenvalue weighted by Gasteiger charge is -2.28. The van der Waals surface area contributed by atoms with E-state index < -0.39 is 0 Å². The number of ketones is 2. The molecule has 0 unspecified atom stereocenters. The Kier molecular flexibility index (Phi) is 8.32. The molecule has 35 heavy (non-hydrogen) atoms. The van der Waals surface area contributed by atoms with Crippen molar-refractivity contribution in [2.24, 2.45) is 0 Å². The van der Waals surface area contributed by atoms with E-state index in [1.165, 1.54) is 5.56 Å². The van der Waals surface area contributed by atoms with Crippen LogP contribution in [-0.2, 0) is 5.41 Å². The summed E-state index contributed by atoms with van der Waals surface area (Å²) in [5.74, 6) is 0.645. The maximum Gasteiger partial charge on any atom is 0.193 e. The molecule has 3 aromatic rings. The smallest absolute Gasteiger partial charge is 0.193 e. The molecule has 0 bridgehead atoms. The number of carbonyl (C=O) groups is 2. The third-order valence-electron chi connectivity index (χ3n) is 7.79. The predicted molar refractivity (Wildman–Crippen MR) is 144 cm³/mol. The molecule has 0 aliphatic rings. The molecule has 3 heteroatoms. The summed E-state index contributed by atoms with van der Waals surface area (Å²) in [5.41, 5.74) is 3.55. The highest BCUT2D eigenvalue weighted by Gasteiger charge is 2.23. The summed E-state index contributed by atoms with van der Waals surface area (Å²) < 4.78 is 6.11. The van der Waals surface area contributed by atoms with Crippen LogP contribution in [0.3, 0.4) is 0 Å². The Morgan fingerprint density at radius 1 is 0.571 bits per heavy atom. The molecule has 0 N–H and O–H groups in total. The van der Waals surface area contributed by atoms with Crippen molar-refractivity contribution in [1.29, 1.82) is 0 Å². The zero-order valence-electron chi connectivity index (χ0n) is 22.0. The molecule has 3 aromatic carbocycles. The first-order valence-electron chi connectivity index (χ1n) is 12.8. The quantitative estimate of drug-likeness (QED) is 0.265. The van der Waals surface area contributed by atoms with Gasteiger partial charge in [0.15, 0.2) is 11.6 Å². The normalized spacial score (nSPS) is 11.8. The Balaban J connectivity index is 1.71. The highest BCUT2D eigenvalue weighted by atomic mass is 16.5. The van der Waals surface area contributed by atoms with Gasteiger partial charge in [-0.25, -0.2) is 0 Å². The minimum Gasteiger partial charge on any atom is -0.488 e. The summed E-state index contributed by atoms with van der Waals surface area (Å²) in [5, 5.41) is 0. The number of hydrogen-bond donors (Lipinski definition) is 0. The minimum atomic E-state index is -0.208. The molecule has 0 amide bonds. The van der Waals surface area contributed by atoms with Crippen molar-refractivity contribution in [2.75, 3.05) is 0 Å². The van der Waals surface area contributed by atoms with Crippen molar-refractivity contribution in [2.45, 2.75) is 78.2 Å². The number of ether oxygens (including phenoxy) is 1. The lowest BCUT2D eigenvalue weighted by molar-refractivity contribution is 0.0803. The van der Waals surface area contributed by atoms with Crippen LogP contribution in [0.5, 0.6) is 5.75 Å². The Hall–Kier alpha value is -3.20. The average molecular weight is 471 g/mol. The Morgan fingerprint density at radius 3 is 1.26 bits per heavy atom. The van der Waals surface area contributed by atoms with Gasteiger partial charge in [0.2, 0.25) is 0 Å². The molecule has 184 valence electrons. The van der Waals surface area contributed by atoms with E-state index in [-0.39, 0.29) is 22.6 Å². The molecule has 0 heterocycles. The fraction of sp³-hybridized carbons (Fsp3) is 0.375. The fourth-order valence-electron chi connectivity index (χ4n) is 4.14. The molecular weight excluding hydrogens is 432 g/mol. The van der Waals surface area contributed by atoms with E-state index in [9.17, 15) is 9.59 Å². The van der Waals surface area contributed by atoms with E-state index in [1.807, 2.05) is 24.3 Å². The van der Waals surface area contributed by atoms with Crippen LogP contribution in [0.2, 0.25) is 0 Å². The van der Waals surface area contributed by atoms with Gasteiger partial charge in [0, 0.05) is 22.3 Å². The van der Waals surface area contributed by atoms with Crippen LogP contribution in [0.15, 0.2) is 72.8 Å². The van der Waals surface area contributed by atoms with Gasteiger partial charge in [-0.1, -0.05) is 83.1 Å². The molecule has 0 saturated carbocycles. The van der Waals surface area contributed by atoms with Crippen molar-refractivity contribution in [3.63, 3.8) is 0 Å². The number of carbonyl (C=O) groups excluding carboxylic acids is 2. The maximum atomic E-state index is 13.0. The summed E-state index contributed by atoms with van der Waals surface area (Å²) in [4.78, 5) is 26.0. The van der Waals surface area contributed by atoms with Gasteiger partial charge in [-0.3, -0.25) is 9.59 Å². The van der Waals surface area contributed by atoms with Crippen LogP contribution in [-0.4, -0.2) is 17.2 Å². The van der Waals surface area contributed by atoms with Crippen LogP contribution in [0.4, 0.5) is 0 Å². The van der Waals surface area contributed by atoms with E-state index in [2.05, 4.69) is 53.7 Å². The van der Waals surface area contributed by atoms with E-state index in [0.29, 0.717) is 22.3 Å². The van der Waals surface area contributed by atoms with E-state index >= 15 is 0 Å². The lowest BCUT2D eigenvalue weighted by Crippen LogP contribution is -2.30. The summed E-state index contributed by atoms with van der Waals surface area (Å²) in [6.07, 6.45) is 3.93. The monoisotopic (exact) mass is 470 g/mol. The molecule has 0 fully saturated rings. The highest BCUT2D eigenvalue weighted by molar-refractivity contribution is 6.11. The first-order valence-corrected chi connectivity index (χ1v) is 12.8. The first kappa shape index (κ1) is 26.4. The molecule has 0 saturated heterocycles. The maximum absolute atomic E-state index is 13.0. The van der Waals surface area contributed by atoms with Gasteiger partial charge in [0.25, 0.3) is 0 Å². The third-order valence-corrected chi connectivity index (χ3v) is 7.79. The molecule has 0 aromatic heterocycles. The van der Waals surface area contributed by atoms with Crippen LogP contribution >= 0.6 is 0 Å². The Morgan fingerprint density at radius 2 is 0.914 bits per heavy atom. The topological polar surface area (TPSA) is 43.4 Å². The van der Waals surface area contributed by atoms with Crippen molar-refractivity contribution < 1.29 is 14.3 Å². The molecule has 0 aliphatic heterocycles. The van der Waals surface area contributed by atoms with Gasteiger partial charge in [-0.15, -0.1) is 0 Å². The molecule has 0 atom stereocenters. The van der Waals surface area contributed by atoms with E-state index in [4.69, 9.17) is 4.74 Å². The second-order valence-electron chi connectivity index (χ2n) is 9.86. The van der Waals surface area contributed by atoms with Gasteiger partial charge in [-0.05, 0) is 67.9 Å². The number of benzene rings is 3. The zero-order chi connectivity index (χ0) is 25.6. The van der Waals surface area contributed by atoms with E-state index in [1.54, 1.807) is 36.4 Å². The molecule has 0 spiro atoms. The molecule has 0 aliphatic carbocycles. The molecule has 3 rings (SSSR count). The van der Waals surface area contributed by atoms with Gasteiger partial charge in [-0.2, -0.15) is 0 Å². The average Bonchev–Trinajstić information content (AvgIpc) is 2.92. The van der Waals surface area contributed by atoms with Crippen LogP contribution < -0.4 is 4.74 Å². The highest BCUT2D eigenvalue weighted by Crippen LogP contribution is 2.31. The third kappa shape index (κ3) is 5.90. The molecule has 3 nitrogen and oxygen atoms in total. The predicted octanol–water partition coefficient (Wildman–Crippen LogP) is 8.18. The standard InChI is InChI=1S/C32H38O3/c1-7-31(5,8-2)27-19-15-25(16-20-27)29(33)23-11-13-24(14-12-23)30(34)26-17-21-28(22-18-26)35-32(6,9-3)10-4/h11-22H,7-10H2,1-6H3. The summed E-state index contributed by atoms with van der Waals surface area (Å²) in [6, 6.07) is 22.2. The van der Waals surface area contributed by atoms with E-state index in [0.717, 1.165) is 31.4 Å². The van der Waals surface area contributed by atoms with Crippen LogP contribution in [0, 0.1) is 0 Å². The zero-order valence-corrected chi connectivity index (χ0v) is 22.0. The van der Waals surface area contributed by atoms with Crippen molar-refractivity contribution in [3.05, 3.63) is 101 Å². The van der Waals surface area contributed by atoms with Gasteiger partial charge < -0.3 is 4.74 Å². The van der Waals surface area contributed by atoms with Crippen LogP contribution in [0.1, 0.15) is 105 Å². The second-order valence-corrected chi connectivity index (χ2v) is 9.86. The number of hydrogen-bond acceptors (Lipinski definition) is 3.